The highest BCUT2D eigenvalue weighted by atomic mass is 16.4. The minimum atomic E-state index is -0.897. The molecule has 0 unspecified atom stereocenters. The molecule has 3 rings (SSSR count). The molecule has 0 atom stereocenters. The Kier molecular flexibility index (Phi) is 3.33. The molecule has 0 fully saturated rings. The van der Waals surface area contributed by atoms with E-state index in [4.69, 9.17) is 5.11 Å². The molecule has 0 amide bonds. The molecular formula is C15H15N3O2. The fraction of sp³-hybridized carbons (Fsp3) is 0.267. The number of aryl methyl sites for hydroxylation is 1. The third kappa shape index (κ3) is 2.34. The van der Waals surface area contributed by atoms with Crippen molar-refractivity contribution >= 4 is 11.8 Å². The number of nitrogens with zero attached hydrogens (tertiary/aromatic N) is 2. The van der Waals surface area contributed by atoms with Gasteiger partial charge in [0, 0.05) is 11.1 Å². The van der Waals surface area contributed by atoms with E-state index in [0.29, 0.717) is 5.82 Å². The second-order valence-corrected chi connectivity index (χ2v) is 4.81. The zero-order valence-corrected chi connectivity index (χ0v) is 11.0. The quantitative estimate of drug-likeness (QED) is 0.892. The lowest BCUT2D eigenvalue weighted by Crippen LogP contribution is -2.15. The number of carboxylic acid groups (broad SMARTS) is 1. The Morgan fingerprint density at radius 2 is 2.10 bits per heavy atom. The molecule has 0 bridgehead atoms. The second-order valence-electron chi connectivity index (χ2n) is 4.81. The molecule has 1 heterocycles. The maximum atomic E-state index is 10.7. The molecule has 20 heavy (non-hydrogen) atoms. The van der Waals surface area contributed by atoms with Crippen molar-refractivity contribution in [3.05, 3.63) is 41.7 Å². The molecule has 2 aromatic rings. The van der Waals surface area contributed by atoms with E-state index in [0.717, 1.165) is 36.1 Å². The van der Waals surface area contributed by atoms with Crippen LogP contribution in [0.2, 0.25) is 0 Å². The van der Waals surface area contributed by atoms with Gasteiger partial charge < -0.3 is 10.4 Å². The molecule has 0 radical (unpaired) electrons. The zero-order valence-electron chi connectivity index (χ0n) is 11.0. The van der Waals surface area contributed by atoms with Gasteiger partial charge in [0.2, 0.25) is 0 Å². The molecule has 1 aromatic heterocycles. The first-order valence-corrected chi connectivity index (χ1v) is 6.63. The highest BCUT2D eigenvalue weighted by molar-refractivity contribution is 5.75. The first-order chi connectivity index (χ1) is 9.75. The summed E-state index contributed by atoms with van der Waals surface area (Å²) in [6.45, 7) is -0.134. The standard InChI is InChI=1S/C15H15N3O2/c19-13(20)8-16-15-12-7-3-5-10-4-1-2-6-11(10)14(12)17-9-18-15/h1-2,4,6,9H,3,5,7-8H2,(H,19,20)(H,16,17,18). The van der Waals surface area contributed by atoms with Gasteiger partial charge >= 0.3 is 5.97 Å². The van der Waals surface area contributed by atoms with Gasteiger partial charge in [-0.3, -0.25) is 4.79 Å². The SMILES string of the molecule is O=C(O)CNc1ncnc2c1CCCc1ccccc1-2. The zero-order chi connectivity index (χ0) is 13.9. The van der Waals surface area contributed by atoms with Crippen molar-refractivity contribution in [1.82, 2.24) is 9.97 Å². The van der Waals surface area contributed by atoms with E-state index in [1.807, 2.05) is 12.1 Å². The van der Waals surface area contributed by atoms with E-state index in [1.165, 1.54) is 11.9 Å². The Morgan fingerprint density at radius 3 is 2.95 bits per heavy atom. The molecule has 0 aliphatic heterocycles. The highest BCUT2D eigenvalue weighted by Crippen LogP contribution is 2.33. The van der Waals surface area contributed by atoms with Crippen molar-refractivity contribution in [3.8, 4) is 11.3 Å². The van der Waals surface area contributed by atoms with Crippen LogP contribution in [0.15, 0.2) is 30.6 Å². The smallest absolute Gasteiger partial charge is 0.322 e. The van der Waals surface area contributed by atoms with Crippen molar-refractivity contribution in [2.75, 3.05) is 11.9 Å². The van der Waals surface area contributed by atoms with Gasteiger partial charge in [-0.15, -0.1) is 0 Å². The topological polar surface area (TPSA) is 75.1 Å². The van der Waals surface area contributed by atoms with Gasteiger partial charge in [0.25, 0.3) is 0 Å². The number of carboxylic acids is 1. The van der Waals surface area contributed by atoms with E-state index in [-0.39, 0.29) is 6.54 Å². The Bertz CT molecular complexity index is 655. The summed E-state index contributed by atoms with van der Waals surface area (Å²) in [6.07, 6.45) is 4.36. The number of aliphatic carboxylic acids is 1. The normalized spacial score (nSPS) is 13.0. The van der Waals surface area contributed by atoms with E-state index in [2.05, 4.69) is 27.4 Å². The number of hydrogen-bond donors (Lipinski definition) is 2. The predicted molar refractivity (Wildman–Crippen MR) is 75.6 cm³/mol. The van der Waals surface area contributed by atoms with Crippen molar-refractivity contribution in [3.63, 3.8) is 0 Å². The molecule has 102 valence electrons. The van der Waals surface area contributed by atoms with Crippen LogP contribution in [0.1, 0.15) is 17.5 Å². The number of carbonyl (C=O) groups is 1. The molecule has 0 saturated heterocycles. The van der Waals surface area contributed by atoms with E-state index >= 15 is 0 Å². The summed E-state index contributed by atoms with van der Waals surface area (Å²) in [5.41, 5.74) is 4.34. The number of nitrogens with one attached hydrogen (secondary N) is 1. The van der Waals surface area contributed by atoms with Crippen molar-refractivity contribution in [2.45, 2.75) is 19.3 Å². The largest absolute Gasteiger partial charge is 0.480 e. The first-order valence-electron chi connectivity index (χ1n) is 6.63. The fourth-order valence-electron chi connectivity index (χ4n) is 2.62. The van der Waals surface area contributed by atoms with Gasteiger partial charge in [0.05, 0.1) is 5.69 Å². The second kappa shape index (κ2) is 5.28. The average molecular weight is 269 g/mol. The van der Waals surface area contributed by atoms with Crippen molar-refractivity contribution < 1.29 is 9.90 Å². The van der Waals surface area contributed by atoms with Crippen molar-refractivity contribution in [2.24, 2.45) is 0 Å². The third-order valence-corrected chi connectivity index (χ3v) is 3.50. The predicted octanol–water partition coefficient (Wildman–Crippen LogP) is 2.13. The van der Waals surface area contributed by atoms with Crippen LogP contribution in [0.3, 0.4) is 0 Å². The molecule has 2 N–H and O–H groups in total. The average Bonchev–Trinajstić information content (AvgIpc) is 2.65. The van der Waals surface area contributed by atoms with Gasteiger partial charge in [0.15, 0.2) is 0 Å². The summed E-state index contributed by atoms with van der Waals surface area (Å²) in [7, 11) is 0. The minimum Gasteiger partial charge on any atom is -0.480 e. The number of fused-ring (bicyclic) bond motifs is 3. The monoisotopic (exact) mass is 269 g/mol. The van der Waals surface area contributed by atoms with Crippen LogP contribution >= 0.6 is 0 Å². The van der Waals surface area contributed by atoms with Crippen LogP contribution in [0.4, 0.5) is 5.82 Å². The van der Waals surface area contributed by atoms with Gasteiger partial charge in [-0.25, -0.2) is 9.97 Å². The molecular weight excluding hydrogens is 254 g/mol. The third-order valence-electron chi connectivity index (χ3n) is 3.50. The van der Waals surface area contributed by atoms with Crippen LogP contribution in [0.25, 0.3) is 11.3 Å². The van der Waals surface area contributed by atoms with Gasteiger partial charge in [-0.1, -0.05) is 24.3 Å². The van der Waals surface area contributed by atoms with Crippen LogP contribution < -0.4 is 5.32 Å². The summed E-state index contributed by atoms with van der Waals surface area (Å²) in [5.74, 6) is -0.263. The first kappa shape index (κ1) is 12.6. The number of aromatic nitrogens is 2. The maximum absolute atomic E-state index is 10.7. The minimum absolute atomic E-state index is 0.134. The lowest BCUT2D eigenvalue weighted by molar-refractivity contribution is -0.134. The maximum Gasteiger partial charge on any atom is 0.322 e. The Balaban J connectivity index is 2.06. The summed E-state index contributed by atoms with van der Waals surface area (Å²) in [6, 6.07) is 8.22. The van der Waals surface area contributed by atoms with E-state index in [9.17, 15) is 4.79 Å². The van der Waals surface area contributed by atoms with Gasteiger partial charge in [-0.2, -0.15) is 0 Å². The Morgan fingerprint density at radius 1 is 1.25 bits per heavy atom. The van der Waals surface area contributed by atoms with Gasteiger partial charge in [-0.05, 0) is 24.8 Å². The summed E-state index contributed by atoms with van der Waals surface area (Å²) < 4.78 is 0. The van der Waals surface area contributed by atoms with Crippen LogP contribution in [0, 0.1) is 0 Å². The number of benzene rings is 1. The van der Waals surface area contributed by atoms with E-state index < -0.39 is 5.97 Å². The lowest BCUT2D eigenvalue weighted by atomic mass is 10.0. The molecule has 0 saturated carbocycles. The Hall–Kier alpha value is -2.43. The molecule has 1 aliphatic carbocycles. The van der Waals surface area contributed by atoms with Crippen LogP contribution in [-0.2, 0) is 17.6 Å². The molecule has 5 nitrogen and oxygen atoms in total. The summed E-state index contributed by atoms with van der Waals surface area (Å²) in [5, 5.41) is 11.7. The molecule has 0 spiro atoms. The summed E-state index contributed by atoms with van der Waals surface area (Å²) >= 11 is 0. The fourth-order valence-corrected chi connectivity index (χ4v) is 2.62. The lowest BCUT2D eigenvalue weighted by Gasteiger charge is -2.12. The number of anilines is 1. The molecule has 1 aromatic carbocycles. The Labute approximate surface area is 116 Å². The number of rotatable bonds is 3. The number of hydrogen-bond acceptors (Lipinski definition) is 4. The molecule has 1 aliphatic rings. The van der Waals surface area contributed by atoms with Crippen LogP contribution in [-0.4, -0.2) is 27.6 Å². The van der Waals surface area contributed by atoms with Crippen molar-refractivity contribution in [1.29, 1.82) is 0 Å². The highest BCUT2D eigenvalue weighted by Gasteiger charge is 2.18. The van der Waals surface area contributed by atoms with Crippen LogP contribution in [0.5, 0.6) is 0 Å². The summed E-state index contributed by atoms with van der Waals surface area (Å²) in [4.78, 5) is 19.3. The van der Waals surface area contributed by atoms with Gasteiger partial charge in [0.1, 0.15) is 18.7 Å². The van der Waals surface area contributed by atoms with E-state index in [1.54, 1.807) is 0 Å². The molecule has 5 heteroatoms.